The summed E-state index contributed by atoms with van der Waals surface area (Å²) in [6.45, 7) is 2.44. The maximum atomic E-state index is 12.7. The number of nitrogens with one attached hydrogen (secondary N) is 2. The van der Waals surface area contributed by atoms with Crippen LogP contribution in [0, 0.1) is 0 Å². The Labute approximate surface area is 143 Å². The molecule has 8 heteroatoms. The minimum Gasteiger partial charge on any atom is -0.348 e. The van der Waals surface area contributed by atoms with Gasteiger partial charge in [-0.2, -0.15) is 13.2 Å². The van der Waals surface area contributed by atoms with Crippen LogP contribution in [-0.2, 0) is 15.8 Å². The van der Waals surface area contributed by atoms with E-state index in [2.05, 4.69) is 17.6 Å². The SMILES string of the molecule is CCCCCCCNC(=O)C(=O)Nc1ccc(Cl)c(C(F)(F)F)c1. The molecule has 0 fully saturated rings. The Kier molecular flexibility index (Phi) is 8.04. The molecule has 1 aromatic rings. The fourth-order valence-corrected chi connectivity index (χ4v) is 2.24. The lowest BCUT2D eigenvalue weighted by Gasteiger charge is -2.11. The predicted molar refractivity (Wildman–Crippen MR) is 86.9 cm³/mol. The molecule has 24 heavy (non-hydrogen) atoms. The summed E-state index contributed by atoms with van der Waals surface area (Å²) in [6.07, 6.45) is 0.338. The highest BCUT2D eigenvalue weighted by atomic mass is 35.5. The van der Waals surface area contributed by atoms with Crippen LogP contribution in [0.1, 0.15) is 44.6 Å². The fourth-order valence-electron chi connectivity index (χ4n) is 2.02. The molecule has 0 aliphatic heterocycles. The zero-order valence-corrected chi connectivity index (χ0v) is 14.1. The molecule has 0 spiro atoms. The zero-order chi connectivity index (χ0) is 18.2. The number of anilines is 1. The first-order valence-corrected chi connectivity index (χ1v) is 8.09. The molecule has 1 rings (SSSR count). The summed E-state index contributed by atoms with van der Waals surface area (Å²) in [5.41, 5.74) is -1.21. The quantitative estimate of drug-likeness (QED) is 0.557. The molecular formula is C16H20ClF3N2O2. The fraction of sp³-hybridized carbons (Fsp3) is 0.500. The van der Waals surface area contributed by atoms with Crippen LogP contribution in [0.5, 0.6) is 0 Å². The third-order valence-electron chi connectivity index (χ3n) is 3.30. The molecule has 0 saturated heterocycles. The molecule has 0 aliphatic carbocycles. The van der Waals surface area contributed by atoms with Crippen molar-refractivity contribution in [3.63, 3.8) is 0 Å². The number of rotatable bonds is 7. The topological polar surface area (TPSA) is 58.2 Å². The van der Waals surface area contributed by atoms with Gasteiger partial charge in [0.25, 0.3) is 0 Å². The van der Waals surface area contributed by atoms with E-state index in [1.54, 1.807) is 0 Å². The second kappa shape index (κ2) is 9.52. The number of carbonyl (C=O) groups excluding carboxylic acids is 2. The minimum absolute atomic E-state index is 0.144. The van der Waals surface area contributed by atoms with Gasteiger partial charge in [-0.3, -0.25) is 9.59 Å². The number of amides is 2. The molecule has 0 bridgehead atoms. The summed E-state index contributed by atoms with van der Waals surface area (Å²) in [7, 11) is 0. The smallest absolute Gasteiger partial charge is 0.348 e. The van der Waals surface area contributed by atoms with Crippen molar-refractivity contribution in [1.29, 1.82) is 0 Å². The van der Waals surface area contributed by atoms with Gasteiger partial charge in [-0.05, 0) is 24.6 Å². The van der Waals surface area contributed by atoms with Crippen molar-refractivity contribution in [3.05, 3.63) is 28.8 Å². The molecule has 4 nitrogen and oxygen atoms in total. The minimum atomic E-state index is -4.64. The summed E-state index contributed by atoms with van der Waals surface area (Å²) >= 11 is 5.49. The highest BCUT2D eigenvalue weighted by Crippen LogP contribution is 2.36. The number of carbonyl (C=O) groups is 2. The lowest BCUT2D eigenvalue weighted by Crippen LogP contribution is -2.35. The highest BCUT2D eigenvalue weighted by Gasteiger charge is 2.33. The number of alkyl halides is 3. The van der Waals surface area contributed by atoms with Crippen molar-refractivity contribution in [2.75, 3.05) is 11.9 Å². The number of hydrogen-bond acceptors (Lipinski definition) is 2. The Hall–Kier alpha value is -1.76. The molecule has 134 valence electrons. The van der Waals surface area contributed by atoms with E-state index in [0.717, 1.165) is 38.2 Å². The molecular weight excluding hydrogens is 345 g/mol. The third kappa shape index (κ3) is 6.78. The Balaban J connectivity index is 2.51. The standard InChI is InChI=1S/C16H20ClF3N2O2/c1-2-3-4-5-6-9-21-14(23)15(24)22-11-7-8-13(17)12(10-11)16(18,19)20/h7-8,10H,2-6,9H2,1H3,(H,21,23)(H,22,24). The van der Waals surface area contributed by atoms with Gasteiger partial charge in [0.15, 0.2) is 0 Å². The van der Waals surface area contributed by atoms with Crippen molar-refractivity contribution >= 4 is 29.1 Å². The Bertz CT molecular complexity index is 577. The van der Waals surface area contributed by atoms with Gasteiger partial charge in [0.2, 0.25) is 0 Å². The number of unbranched alkanes of at least 4 members (excludes halogenated alkanes) is 4. The summed E-state index contributed by atoms with van der Waals surface area (Å²) in [6, 6.07) is 2.91. The summed E-state index contributed by atoms with van der Waals surface area (Å²) in [4.78, 5) is 23.3. The second-order valence-electron chi connectivity index (χ2n) is 5.32. The molecule has 0 aliphatic rings. The van der Waals surface area contributed by atoms with E-state index < -0.39 is 28.6 Å². The van der Waals surface area contributed by atoms with E-state index in [-0.39, 0.29) is 5.69 Å². The van der Waals surface area contributed by atoms with E-state index in [0.29, 0.717) is 12.6 Å². The molecule has 0 radical (unpaired) electrons. The second-order valence-corrected chi connectivity index (χ2v) is 5.72. The van der Waals surface area contributed by atoms with Crippen molar-refractivity contribution in [1.82, 2.24) is 5.32 Å². The molecule has 0 atom stereocenters. The van der Waals surface area contributed by atoms with E-state index in [4.69, 9.17) is 11.6 Å². The predicted octanol–water partition coefficient (Wildman–Crippen LogP) is 4.38. The van der Waals surface area contributed by atoms with Gasteiger partial charge in [-0.1, -0.05) is 44.2 Å². The van der Waals surface area contributed by atoms with Crippen molar-refractivity contribution in [2.24, 2.45) is 0 Å². The van der Waals surface area contributed by atoms with Crippen LogP contribution in [0.15, 0.2) is 18.2 Å². The number of benzene rings is 1. The van der Waals surface area contributed by atoms with E-state index in [9.17, 15) is 22.8 Å². The summed E-state index contributed by atoms with van der Waals surface area (Å²) in [5, 5.41) is 4.09. The Morgan fingerprint density at radius 1 is 1.08 bits per heavy atom. The van der Waals surface area contributed by atoms with E-state index in [1.807, 2.05) is 0 Å². The maximum Gasteiger partial charge on any atom is 0.417 e. The average molecular weight is 365 g/mol. The Morgan fingerprint density at radius 3 is 2.38 bits per heavy atom. The lowest BCUT2D eigenvalue weighted by atomic mass is 10.1. The van der Waals surface area contributed by atoms with Crippen LogP contribution in [0.25, 0.3) is 0 Å². The van der Waals surface area contributed by atoms with E-state index in [1.165, 1.54) is 6.07 Å². The summed E-state index contributed by atoms with van der Waals surface area (Å²) in [5.74, 6) is -1.90. The third-order valence-corrected chi connectivity index (χ3v) is 3.63. The molecule has 0 aromatic heterocycles. The van der Waals surface area contributed by atoms with Crippen LogP contribution in [0.3, 0.4) is 0 Å². The van der Waals surface area contributed by atoms with Crippen LogP contribution >= 0.6 is 11.6 Å². The van der Waals surface area contributed by atoms with Crippen molar-refractivity contribution in [3.8, 4) is 0 Å². The molecule has 0 saturated carbocycles. The molecule has 0 heterocycles. The first-order chi connectivity index (χ1) is 11.3. The molecule has 1 aromatic carbocycles. The van der Waals surface area contributed by atoms with Crippen molar-refractivity contribution in [2.45, 2.75) is 45.2 Å². The van der Waals surface area contributed by atoms with Crippen LogP contribution in [0.4, 0.5) is 18.9 Å². The van der Waals surface area contributed by atoms with E-state index >= 15 is 0 Å². The lowest BCUT2D eigenvalue weighted by molar-refractivity contribution is -0.137. The molecule has 2 amide bonds. The Morgan fingerprint density at radius 2 is 1.75 bits per heavy atom. The number of hydrogen-bond donors (Lipinski definition) is 2. The van der Waals surface area contributed by atoms with Gasteiger partial charge >= 0.3 is 18.0 Å². The highest BCUT2D eigenvalue weighted by molar-refractivity contribution is 6.39. The largest absolute Gasteiger partial charge is 0.417 e. The van der Waals surface area contributed by atoms with Gasteiger partial charge < -0.3 is 10.6 Å². The van der Waals surface area contributed by atoms with Crippen molar-refractivity contribution < 1.29 is 22.8 Å². The molecule has 0 unspecified atom stereocenters. The van der Waals surface area contributed by atoms with Gasteiger partial charge in [-0.25, -0.2) is 0 Å². The molecule has 2 N–H and O–H groups in total. The van der Waals surface area contributed by atoms with Crippen LogP contribution in [0.2, 0.25) is 5.02 Å². The van der Waals surface area contributed by atoms with Gasteiger partial charge in [0, 0.05) is 12.2 Å². The van der Waals surface area contributed by atoms with Crippen LogP contribution < -0.4 is 10.6 Å². The van der Waals surface area contributed by atoms with Crippen LogP contribution in [-0.4, -0.2) is 18.4 Å². The average Bonchev–Trinajstić information content (AvgIpc) is 2.51. The summed E-state index contributed by atoms with van der Waals surface area (Å²) < 4.78 is 38.2. The number of halogens is 4. The maximum absolute atomic E-state index is 12.7. The van der Waals surface area contributed by atoms with Gasteiger partial charge in [-0.15, -0.1) is 0 Å². The zero-order valence-electron chi connectivity index (χ0n) is 13.3. The first kappa shape index (κ1) is 20.3. The monoisotopic (exact) mass is 364 g/mol. The first-order valence-electron chi connectivity index (χ1n) is 7.71. The van der Waals surface area contributed by atoms with Gasteiger partial charge in [0.1, 0.15) is 0 Å². The van der Waals surface area contributed by atoms with Gasteiger partial charge in [0.05, 0.1) is 10.6 Å². The normalized spacial score (nSPS) is 11.2.